The van der Waals surface area contributed by atoms with Gasteiger partial charge in [-0.25, -0.2) is 0 Å². The van der Waals surface area contributed by atoms with Gasteiger partial charge in [-0.1, -0.05) is 166 Å². The Bertz CT molecular complexity index is 2660. The van der Waals surface area contributed by atoms with E-state index in [9.17, 15) is 0 Å². The minimum atomic E-state index is -0.0966. The molecule has 0 unspecified atom stereocenters. The summed E-state index contributed by atoms with van der Waals surface area (Å²) >= 11 is 0. The monoisotopic (exact) mass is 616 g/mol. The van der Waals surface area contributed by atoms with Crippen LogP contribution in [0, 0.1) is 0 Å². The van der Waals surface area contributed by atoms with Gasteiger partial charge in [0.05, 0.1) is 5.52 Å². The molecule has 230 valence electrons. The first-order valence-electron chi connectivity index (χ1n) is 16.8. The van der Waals surface area contributed by atoms with E-state index in [0.29, 0.717) is 0 Å². The Morgan fingerprint density at radius 2 is 1.25 bits per heavy atom. The number of hydrogen-bond donors (Lipinski definition) is 1. The average Bonchev–Trinajstić information content (AvgIpc) is 3.60. The third-order valence-corrected chi connectivity index (χ3v) is 10.5. The van der Waals surface area contributed by atoms with Crippen LogP contribution in [0.25, 0.3) is 66.6 Å². The largest absolute Gasteiger partial charge is 0.398 e. The van der Waals surface area contributed by atoms with Crippen LogP contribution in [0.5, 0.6) is 0 Å². The molecule has 9 rings (SSSR count). The van der Waals surface area contributed by atoms with E-state index in [0.717, 1.165) is 28.2 Å². The molecule has 0 fully saturated rings. The van der Waals surface area contributed by atoms with Crippen molar-refractivity contribution in [3.05, 3.63) is 179 Å². The predicted octanol–water partition coefficient (Wildman–Crippen LogP) is 9.52. The summed E-state index contributed by atoms with van der Waals surface area (Å²) in [4.78, 5) is 0. The molecule has 0 saturated heterocycles. The van der Waals surface area contributed by atoms with Crippen molar-refractivity contribution in [2.45, 2.75) is 25.8 Å². The maximum Gasteiger partial charge on any atom is 0.0580 e. The maximum atomic E-state index is 6.93. The fourth-order valence-corrected chi connectivity index (χ4v) is 8.23. The fourth-order valence-electron chi connectivity index (χ4n) is 8.23. The molecule has 0 atom stereocenters. The van der Waals surface area contributed by atoms with E-state index in [1.54, 1.807) is 0 Å². The molecule has 0 bridgehead atoms. The number of aromatic nitrogens is 1. The van der Waals surface area contributed by atoms with Crippen molar-refractivity contribution in [3.63, 3.8) is 0 Å². The highest BCUT2D eigenvalue weighted by Gasteiger charge is 2.39. The molecule has 1 aliphatic carbocycles. The van der Waals surface area contributed by atoms with Gasteiger partial charge in [0, 0.05) is 44.6 Å². The van der Waals surface area contributed by atoms with E-state index < -0.39 is 0 Å². The van der Waals surface area contributed by atoms with Crippen LogP contribution in [0.15, 0.2) is 152 Å². The SMILES string of the molecule is CC1(C)c2ccccc2-c2c1c1ccccc1c1c2c2ccccc2n1C/C=c1/cccc/c1=C(/N)c1ccc(-c2ccccc2)cc1. The Morgan fingerprint density at radius 3 is 2.06 bits per heavy atom. The second-order valence-electron chi connectivity index (χ2n) is 13.5. The molecule has 2 nitrogen and oxygen atoms in total. The van der Waals surface area contributed by atoms with E-state index in [1.165, 1.54) is 66.0 Å². The van der Waals surface area contributed by atoms with E-state index >= 15 is 0 Å². The van der Waals surface area contributed by atoms with Crippen LogP contribution in [0.2, 0.25) is 0 Å². The summed E-state index contributed by atoms with van der Waals surface area (Å²) in [5.74, 6) is 0. The zero-order chi connectivity index (χ0) is 32.4. The first kappa shape index (κ1) is 28.4. The topological polar surface area (TPSA) is 30.9 Å². The molecule has 48 heavy (non-hydrogen) atoms. The molecular formula is C46H36N2. The van der Waals surface area contributed by atoms with Crippen LogP contribution in [-0.4, -0.2) is 4.57 Å². The van der Waals surface area contributed by atoms with Gasteiger partial charge >= 0.3 is 0 Å². The van der Waals surface area contributed by atoms with Gasteiger partial charge in [-0.2, -0.15) is 0 Å². The first-order chi connectivity index (χ1) is 23.5. The van der Waals surface area contributed by atoms with E-state index in [2.05, 4.69) is 170 Å². The predicted molar refractivity (Wildman–Crippen MR) is 203 cm³/mol. The summed E-state index contributed by atoms with van der Waals surface area (Å²) < 4.78 is 2.52. The molecule has 8 aromatic rings. The van der Waals surface area contributed by atoms with Crippen molar-refractivity contribution in [1.82, 2.24) is 4.57 Å². The number of fused-ring (bicyclic) bond motifs is 10. The lowest BCUT2D eigenvalue weighted by Crippen LogP contribution is -2.30. The summed E-state index contributed by atoms with van der Waals surface area (Å²) in [7, 11) is 0. The van der Waals surface area contributed by atoms with Crippen LogP contribution in [-0.2, 0) is 12.0 Å². The summed E-state index contributed by atoms with van der Waals surface area (Å²) in [6.45, 7) is 5.49. The van der Waals surface area contributed by atoms with Gasteiger partial charge in [-0.3, -0.25) is 0 Å². The number of para-hydroxylation sites is 1. The highest BCUT2D eigenvalue weighted by atomic mass is 15.0. The van der Waals surface area contributed by atoms with Gasteiger partial charge in [-0.15, -0.1) is 0 Å². The standard InChI is InChI=1S/C46H36N2/c1-46(2)39-22-12-10-20-37(39)41-42-38-21-11-13-23-40(38)48(45(42)36-19-9-8-18-35(36)43(41)46)29-28-32-16-6-7-17-34(32)44(47)33-26-24-31(25-27-33)30-14-4-3-5-15-30/h3-28H,29,47H2,1-2H3/b32-28-,44-34-. The Balaban J connectivity index is 1.27. The smallest absolute Gasteiger partial charge is 0.0580 e. The quantitative estimate of drug-likeness (QED) is 0.210. The van der Waals surface area contributed by atoms with Crippen LogP contribution in [0.3, 0.4) is 0 Å². The van der Waals surface area contributed by atoms with E-state index in [1.807, 2.05) is 6.07 Å². The highest BCUT2D eigenvalue weighted by molar-refractivity contribution is 6.26. The molecule has 7 aromatic carbocycles. The van der Waals surface area contributed by atoms with Crippen molar-refractivity contribution < 1.29 is 0 Å². The Morgan fingerprint density at radius 1 is 0.625 bits per heavy atom. The van der Waals surface area contributed by atoms with Gasteiger partial charge in [0.15, 0.2) is 0 Å². The maximum absolute atomic E-state index is 6.93. The lowest BCUT2D eigenvalue weighted by Gasteiger charge is -2.23. The minimum Gasteiger partial charge on any atom is -0.398 e. The minimum absolute atomic E-state index is 0.0966. The number of hydrogen-bond acceptors (Lipinski definition) is 1. The lowest BCUT2D eigenvalue weighted by molar-refractivity contribution is 0.666. The van der Waals surface area contributed by atoms with E-state index in [-0.39, 0.29) is 5.41 Å². The highest BCUT2D eigenvalue weighted by Crippen LogP contribution is 2.56. The second kappa shape index (κ2) is 10.9. The van der Waals surface area contributed by atoms with Gasteiger partial charge in [0.25, 0.3) is 0 Å². The molecule has 2 N–H and O–H groups in total. The summed E-state index contributed by atoms with van der Waals surface area (Å²) in [5.41, 5.74) is 19.1. The Hall–Kier alpha value is -5.86. The molecular weight excluding hydrogens is 581 g/mol. The molecule has 2 heteroatoms. The summed E-state index contributed by atoms with van der Waals surface area (Å²) in [6, 6.07) is 54.5. The molecule has 0 amide bonds. The van der Waals surface area contributed by atoms with Crippen LogP contribution >= 0.6 is 0 Å². The molecule has 1 aliphatic rings. The Kier molecular flexibility index (Phi) is 6.42. The van der Waals surface area contributed by atoms with Crippen molar-refractivity contribution >= 4 is 44.4 Å². The van der Waals surface area contributed by atoms with Crippen molar-refractivity contribution in [2.75, 3.05) is 0 Å². The van der Waals surface area contributed by atoms with Gasteiger partial charge in [-0.05, 0) is 55.6 Å². The summed E-state index contributed by atoms with van der Waals surface area (Å²) in [6.07, 6.45) is 2.34. The lowest BCUT2D eigenvalue weighted by atomic mass is 9.79. The molecule has 1 aromatic heterocycles. The van der Waals surface area contributed by atoms with Gasteiger partial charge < -0.3 is 10.3 Å². The van der Waals surface area contributed by atoms with Crippen molar-refractivity contribution in [2.24, 2.45) is 5.73 Å². The van der Waals surface area contributed by atoms with Crippen LogP contribution in [0.1, 0.15) is 30.5 Å². The third-order valence-electron chi connectivity index (χ3n) is 10.5. The molecule has 0 saturated carbocycles. The molecule has 0 spiro atoms. The summed E-state index contributed by atoms with van der Waals surface area (Å²) in [5, 5.41) is 7.46. The van der Waals surface area contributed by atoms with Crippen molar-refractivity contribution in [3.8, 4) is 22.3 Å². The number of nitrogens with two attached hydrogens (primary N) is 1. The fraction of sp³-hybridized carbons (Fsp3) is 0.0870. The zero-order valence-electron chi connectivity index (χ0n) is 27.2. The van der Waals surface area contributed by atoms with Gasteiger partial charge in [0.2, 0.25) is 0 Å². The number of nitrogens with zero attached hydrogens (tertiary/aromatic N) is 1. The molecule has 0 aliphatic heterocycles. The molecule has 1 heterocycles. The molecule has 0 radical (unpaired) electrons. The van der Waals surface area contributed by atoms with E-state index in [4.69, 9.17) is 5.73 Å². The normalized spacial score (nSPS) is 14.4. The Labute approximate surface area is 280 Å². The number of rotatable bonds is 4. The van der Waals surface area contributed by atoms with Crippen molar-refractivity contribution in [1.29, 1.82) is 0 Å². The number of benzene rings is 7. The first-order valence-corrected chi connectivity index (χ1v) is 16.8. The second-order valence-corrected chi connectivity index (χ2v) is 13.5. The van der Waals surface area contributed by atoms with Crippen LogP contribution in [0.4, 0.5) is 0 Å². The van der Waals surface area contributed by atoms with Gasteiger partial charge in [0.1, 0.15) is 0 Å². The zero-order valence-corrected chi connectivity index (χ0v) is 27.2. The third kappa shape index (κ3) is 4.19. The average molecular weight is 617 g/mol. The van der Waals surface area contributed by atoms with Crippen LogP contribution < -0.4 is 16.2 Å².